The van der Waals surface area contributed by atoms with E-state index in [9.17, 15) is 0 Å². The lowest BCUT2D eigenvalue weighted by Crippen LogP contribution is -2.44. The van der Waals surface area contributed by atoms with Crippen LogP contribution in [0.4, 0.5) is 0 Å². The van der Waals surface area contributed by atoms with Crippen molar-refractivity contribution in [1.29, 1.82) is 0 Å². The molecule has 1 rings (SSSR count). The predicted molar refractivity (Wildman–Crippen MR) is 53.7 cm³/mol. The summed E-state index contributed by atoms with van der Waals surface area (Å²) in [5, 5.41) is 3.51. The van der Waals surface area contributed by atoms with Crippen LogP contribution in [-0.4, -0.2) is 16.5 Å². The van der Waals surface area contributed by atoms with Crippen molar-refractivity contribution in [3.05, 3.63) is 0 Å². The summed E-state index contributed by atoms with van der Waals surface area (Å²) in [5.41, 5.74) is 0. The van der Waals surface area contributed by atoms with E-state index < -0.39 is 0 Å². The van der Waals surface area contributed by atoms with Crippen molar-refractivity contribution in [3.8, 4) is 0 Å². The van der Waals surface area contributed by atoms with E-state index in [2.05, 4.69) is 41.8 Å². The molecule has 0 spiro atoms. The van der Waals surface area contributed by atoms with E-state index in [1.807, 2.05) is 0 Å². The summed E-state index contributed by atoms with van der Waals surface area (Å²) in [6.45, 7) is 5.81. The zero-order chi connectivity index (χ0) is 7.56. The standard InChI is InChI=1S/C8H16IN/c1-3-7-6(2)10-5-4-8(7)9/h6-8,10H,3-5H2,1-2H3/t6-,7?,8?/m0/s1. The normalized spacial score (nSPS) is 41.7. The molecule has 0 bridgehead atoms. The quantitative estimate of drug-likeness (QED) is 0.558. The molecule has 0 aromatic rings. The Morgan fingerprint density at radius 3 is 2.70 bits per heavy atom. The Labute approximate surface area is 77.1 Å². The first kappa shape index (κ1) is 8.78. The van der Waals surface area contributed by atoms with Gasteiger partial charge >= 0.3 is 0 Å². The predicted octanol–water partition coefficient (Wildman–Crippen LogP) is 2.20. The number of halogens is 1. The van der Waals surface area contributed by atoms with Crippen LogP contribution >= 0.6 is 22.6 Å². The van der Waals surface area contributed by atoms with Crippen molar-refractivity contribution in [2.24, 2.45) is 5.92 Å². The Hall–Kier alpha value is 0.690. The van der Waals surface area contributed by atoms with Crippen LogP contribution in [0.1, 0.15) is 26.7 Å². The molecule has 0 aromatic carbocycles. The molecule has 1 heterocycles. The largest absolute Gasteiger partial charge is 0.314 e. The van der Waals surface area contributed by atoms with E-state index in [0.717, 1.165) is 15.9 Å². The molecule has 0 radical (unpaired) electrons. The zero-order valence-electron chi connectivity index (χ0n) is 6.73. The zero-order valence-corrected chi connectivity index (χ0v) is 8.89. The second-order valence-electron chi connectivity index (χ2n) is 3.12. The summed E-state index contributed by atoms with van der Waals surface area (Å²) < 4.78 is 0.902. The maximum Gasteiger partial charge on any atom is 0.0165 e. The smallest absolute Gasteiger partial charge is 0.0165 e. The van der Waals surface area contributed by atoms with Crippen molar-refractivity contribution < 1.29 is 0 Å². The minimum Gasteiger partial charge on any atom is -0.314 e. The molecule has 1 N–H and O–H groups in total. The Morgan fingerprint density at radius 1 is 1.60 bits per heavy atom. The maximum atomic E-state index is 3.51. The number of hydrogen-bond donors (Lipinski definition) is 1. The van der Waals surface area contributed by atoms with Crippen LogP contribution < -0.4 is 5.32 Å². The average Bonchev–Trinajstić information content (AvgIpc) is 1.88. The van der Waals surface area contributed by atoms with E-state index >= 15 is 0 Å². The van der Waals surface area contributed by atoms with E-state index in [-0.39, 0.29) is 0 Å². The molecule has 3 atom stereocenters. The summed E-state index contributed by atoms with van der Waals surface area (Å²) in [6.07, 6.45) is 2.67. The fourth-order valence-corrected chi connectivity index (χ4v) is 3.18. The Balaban J connectivity index is 2.45. The van der Waals surface area contributed by atoms with Crippen molar-refractivity contribution in [1.82, 2.24) is 5.32 Å². The highest BCUT2D eigenvalue weighted by Gasteiger charge is 2.26. The molecule has 0 saturated carbocycles. The van der Waals surface area contributed by atoms with Crippen LogP contribution in [0, 0.1) is 5.92 Å². The summed E-state index contributed by atoms with van der Waals surface area (Å²) in [6, 6.07) is 0.737. The molecule has 0 aliphatic carbocycles. The minimum absolute atomic E-state index is 0.737. The minimum atomic E-state index is 0.737. The Bertz CT molecular complexity index is 95.4. The Morgan fingerprint density at radius 2 is 2.30 bits per heavy atom. The van der Waals surface area contributed by atoms with E-state index in [0.29, 0.717) is 0 Å². The van der Waals surface area contributed by atoms with Gasteiger partial charge in [-0.15, -0.1) is 0 Å². The fraction of sp³-hybridized carbons (Fsp3) is 1.00. The topological polar surface area (TPSA) is 12.0 Å². The average molecular weight is 253 g/mol. The molecule has 60 valence electrons. The number of alkyl halides is 1. The second-order valence-corrected chi connectivity index (χ2v) is 4.72. The monoisotopic (exact) mass is 253 g/mol. The van der Waals surface area contributed by atoms with Crippen LogP contribution in [-0.2, 0) is 0 Å². The lowest BCUT2D eigenvalue weighted by molar-refractivity contribution is 0.307. The van der Waals surface area contributed by atoms with Crippen molar-refractivity contribution in [3.63, 3.8) is 0 Å². The van der Waals surface area contributed by atoms with Gasteiger partial charge in [-0.1, -0.05) is 35.9 Å². The summed E-state index contributed by atoms with van der Waals surface area (Å²) >= 11 is 2.59. The van der Waals surface area contributed by atoms with Gasteiger partial charge in [-0.05, 0) is 25.8 Å². The van der Waals surface area contributed by atoms with E-state index in [1.165, 1.54) is 19.4 Å². The van der Waals surface area contributed by atoms with Gasteiger partial charge in [0.1, 0.15) is 0 Å². The van der Waals surface area contributed by atoms with Gasteiger partial charge in [-0.25, -0.2) is 0 Å². The summed E-state index contributed by atoms with van der Waals surface area (Å²) in [7, 11) is 0. The maximum absolute atomic E-state index is 3.51. The SMILES string of the molecule is CCC1C(I)CCN[C@H]1C. The lowest BCUT2D eigenvalue weighted by Gasteiger charge is -2.33. The van der Waals surface area contributed by atoms with E-state index in [4.69, 9.17) is 0 Å². The first-order chi connectivity index (χ1) is 4.75. The summed E-state index contributed by atoms with van der Waals surface area (Å²) in [5.74, 6) is 0.898. The molecule has 0 amide bonds. The van der Waals surface area contributed by atoms with Crippen LogP contribution in [0.5, 0.6) is 0 Å². The van der Waals surface area contributed by atoms with Gasteiger partial charge in [0.05, 0.1) is 0 Å². The van der Waals surface area contributed by atoms with Gasteiger partial charge in [-0.3, -0.25) is 0 Å². The fourth-order valence-electron chi connectivity index (χ4n) is 1.74. The molecular formula is C8H16IN. The number of rotatable bonds is 1. The first-order valence-corrected chi connectivity index (χ1v) is 5.37. The molecule has 2 heteroatoms. The van der Waals surface area contributed by atoms with Gasteiger partial charge in [-0.2, -0.15) is 0 Å². The molecule has 0 aromatic heterocycles. The van der Waals surface area contributed by atoms with Crippen molar-refractivity contribution in [2.45, 2.75) is 36.7 Å². The second kappa shape index (κ2) is 3.90. The molecular weight excluding hydrogens is 237 g/mol. The molecule has 1 saturated heterocycles. The first-order valence-electron chi connectivity index (χ1n) is 4.13. The third kappa shape index (κ3) is 1.84. The van der Waals surface area contributed by atoms with Crippen LogP contribution in [0.15, 0.2) is 0 Å². The van der Waals surface area contributed by atoms with Gasteiger partial charge in [0.2, 0.25) is 0 Å². The third-order valence-corrected chi connectivity index (χ3v) is 4.01. The van der Waals surface area contributed by atoms with Gasteiger partial charge in [0, 0.05) is 9.97 Å². The molecule has 1 aliphatic heterocycles. The van der Waals surface area contributed by atoms with Crippen LogP contribution in [0.25, 0.3) is 0 Å². The highest BCUT2D eigenvalue weighted by Crippen LogP contribution is 2.26. The molecule has 2 unspecified atom stereocenters. The highest BCUT2D eigenvalue weighted by molar-refractivity contribution is 14.1. The van der Waals surface area contributed by atoms with Crippen LogP contribution in [0.3, 0.4) is 0 Å². The van der Waals surface area contributed by atoms with Crippen molar-refractivity contribution >= 4 is 22.6 Å². The van der Waals surface area contributed by atoms with Gasteiger partial charge < -0.3 is 5.32 Å². The molecule has 1 fully saturated rings. The number of nitrogens with one attached hydrogen (secondary N) is 1. The summed E-state index contributed by atoms with van der Waals surface area (Å²) in [4.78, 5) is 0. The van der Waals surface area contributed by atoms with E-state index in [1.54, 1.807) is 0 Å². The number of piperidine rings is 1. The molecule has 10 heavy (non-hydrogen) atoms. The van der Waals surface area contributed by atoms with Crippen LogP contribution in [0.2, 0.25) is 0 Å². The molecule has 1 nitrogen and oxygen atoms in total. The van der Waals surface area contributed by atoms with Crippen molar-refractivity contribution in [2.75, 3.05) is 6.54 Å². The highest BCUT2D eigenvalue weighted by atomic mass is 127. The lowest BCUT2D eigenvalue weighted by atomic mass is 9.90. The van der Waals surface area contributed by atoms with Gasteiger partial charge in [0.25, 0.3) is 0 Å². The molecule has 1 aliphatic rings. The van der Waals surface area contributed by atoms with Gasteiger partial charge in [0.15, 0.2) is 0 Å². The Kier molecular flexibility index (Phi) is 3.43. The third-order valence-electron chi connectivity index (χ3n) is 2.46. The number of hydrogen-bond acceptors (Lipinski definition) is 1.